The van der Waals surface area contributed by atoms with Crippen molar-refractivity contribution in [3.8, 4) is 0 Å². The van der Waals surface area contributed by atoms with Crippen molar-refractivity contribution in [2.24, 2.45) is 17.3 Å². The Bertz CT molecular complexity index is 256. The Morgan fingerprint density at radius 2 is 2.11 bits per heavy atom. The fourth-order valence-electron chi connectivity index (χ4n) is 4.23. The van der Waals surface area contributed by atoms with Crippen molar-refractivity contribution < 1.29 is 0 Å². The van der Waals surface area contributed by atoms with Gasteiger partial charge in [0.1, 0.15) is 0 Å². The van der Waals surface area contributed by atoms with Crippen LogP contribution in [0.4, 0.5) is 0 Å². The van der Waals surface area contributed by atoms with Crippen molar-refractivity contribution in [2.75, 3.05) is 32.7 Å². The van der Waals surface area contributed by atoms with Crippen molar-refractivity contribution in [3.05, 3.63) is 0 Å². The number of nitrogens with zero attached hydrogens (tertiary/aromatic N) is 1. The molecule has 0 aromatic heterocycles. The standard InChI is InChI=1S/C17H34N2/c1-4-8-17(9-10-18-13-17)14-19-11-5-6-16(7-12-19)15(2)3/h15-16,18H,4-14H2,1-3H3. The minimum absolute atomic E-state index is 0.590. The second kappa shape index (κ2) is 7.08. The normalized spacial score (nSPS) is 33.8. The van der Waals surface area contributed by atoms with Crippen LogP contribution in [0.15, 0.2) is 0 Å². The second-order valence-electron chi connectivity index (χ2n) is 7.39. The second-order valence-corrected chi connectivity index (χ2v) is 7.39. The van der Waals surface area contributed by atoms with E-state index in [1.165, 1.54) is 71.2 Å². The summed E-state index contributed by atoms with van der Waals surface area (Å²) < 4.78 is 0. The van der Waals surface area contributed by atoms with E-state index < -0.39 is 0 Å². The van der Waals surface area contributed by atoms with E-state index in [0.717, 1.165) is 11.8 Å². The number of likely N-dealkylation sites (tertiary alicyclic amines) is 1. The lowest BCUT2D eigenvalue weighted by atomic mass is 9.82. The first-order chi connectivity index (χ1) is 9.15. The predicted molar refractivity (Wildman–Crippen MR) is 83.4 cm³/mol. The molecule has 2 nitrogen and oxygen atoms in total. The molecule has 2 unspecified atom stereocenters. The number of hydrogen-bond donors (Lipinski definition) is 1. The molecular formula is C17H34N2. The van der Waals surface area contributed by atoms with Gasteiger partial charge in [-0.05, 0) is 69.0 Å². The molecule has 0 spiro atoms. The molecule has 0 bridgehead atoms. The maximum atomic E-state index is 3.60. The molecule has 0 radical (unpaired) electrons. The monoisotopic (exact) mass is 266 g/mol. The van der Waals surface area contributed by atoms with E-state index in [0.29, 0.717) is 5.41 Å². The van der Waals surface area contributed by atoms with E-state index in [9.17, 15) is 0 Å². The minimum atomic E-state index is 0.590. The zero-order chi connectivity index (χ0) is 13.7. The van der Waals surface area contributed by atoms with Crippen LogP contribution < -0.4 is 5.32 Å². The van der Waals surface area contributed by atoms with Gasteiger partial charge in [-0.2, -0.15) is 0 Å². The molecule has 0 amide bonds. The summed E-state index contributed by atoms with van der Waals surface area (Å²) in [6.45, 7) is 13.7. The van der Waals surface area contributed by atoms with Gasteiger partial charge in [0.2, 0.25) is 0 Å². The number of nitrogens with one attached hydrogen (secondary N) is 1. The van der Waals surface area contributed by atoms with E-state index in [4.69, 9.17) is 0 Å². The average Bonchev–Trinajstić information content (AvgIpc) is 2.68. The van der Waals surface area contributed by atoms with Crippen LogP contribution in [0.5, 0.6) is 0 Å². The largest absolute Gasteiger partial charge is 0.316 e. The molecule has 112 valence electrons. The molecule has 2 aliphatic rings. The molecule has 2 atom stereocenters. The lowest BCUT2D eigenvalue weighted by molar-refractivity contribution is 0.154. The Balaban J connectivity index is 1.87. The predicted octanol–water partition coefficient (Wildman–Crippen LogP) is 3.52. The Morgan fingerprint density at radius 1 is 1.26 bits per heavy atom. The minimum Gasteiger partial charge on any atom is -0.316 e. The third kappa shape index (κ3) is 4.19. The van der Waals surface area contributed by atoms with Gasteiger partial charge < -0.3 is 10.2 Å². The molecule has 2 saturated heterocycles. The number of hydrogen-bond acceptors (Lipinski definition) is 2. The van der Waals surface area contributed by atoms with Gasteiger partial charge in [-0.1, -0.05) is 27.2 Å². The van der Waals surface area contributed by atoms with E-state index in [1.807, 2.05) is 0 Å². The van der Waals surface area contributed by atoms with E-state index in [2.05, 4.69) is 31.0 Å². The summed E-state index contributed by atoms with van der Waals surface area (Å²) in [7, 11) is 0. The molecule has 0 aromatic carbocycles. The van der Waals surface area contributed by atoms with Crippen molar-refractivity contribution >= 4 is 0 Å². The van der Waals surface area contributed by atoms with Crippen LogP contribution in [0.1, 0.15) is 59.3 Å². The molecule has 0 aromatic rings. The van der Waals surface area contributed by atoms with E-state index in [-0.39, 0.29) is 0 Å². The highest BCUT2D eigenvalue weighted by Crippen LogP contribution is 2.33. The summed E-state index contributed by atoms with van der Waals surface area (Å²) in [6, 6.07) is 0. The summed E-state index contributed by atoms with van der Waals surface area (Å²) in [6.07, 6.45) is 8.43. The lowest BCUT2D eigenvalue weighted by Crippen LogP contribution is -2.40. The first kappa shape index (κ1) is 15.3. The molecule has 2 aliphatic heterocycles. The first-order valence-electron chi connectivity index (χ1n) is 8.58. The van der Waals surface area contributed by atoms with Gasteiger partial charge in [0.25, 0.3) is 0 Å². The molecule has 2 heterocycles. The van der Waals surface area contributed by atoms with Gasteiger partial charge in [-0.25, -0.2) is 0 Å². The van der Waals surface area contributed by atoms with Crippen LogP contribution in [-0.4, -0.2) is 37.6 Å². The molecule has 2 fully saturated rings. The summed E-state index contributed by atoms with van der Waals surface area (Å²) >= 11 is 0. The van der Waals surface area contributed by atoms with Crippen molar-refractivity contribution in [2.45, 2.75) is 59.3 Å². The molecule has 19 heavy (non-hydrogen) atoms. The van der Waals surface area contributed by atoms with Gasteiger partial charge in [0.05, 0.1) is 0 Å². The third-order valence-corrected chi connectivity index (χ3v) is 5.48. The van der Waals surface area contributed by atoms with Crippen LogP contribution in [0.2, 0.25) is 0 Å². The summed E-state index contributed by atoms with van der Waals surface area (Å²) in [5.74, 6) is 1.84. The molecule has 0 saturated carbocycles. The maximum Gasteiger partial charge on any atom is 0.00506 e. The zero-order valence-electron chi connectivity index (χ0n) is 13.4. The highest BCUT2D eigenvalue weighted by atomic mass is 15.1. The fraction of sp³-hybridized carbons (Fsp3) is 1.00. The first-order valence-corrected chi connectivity index (χ1v) is 8.58. The van der Waals surface area contributed by atoms with Gasteiger partial charge in [-0.3, -0.25) is 0 Å². The van der Waals surface area contributed by atoms with Gasteiger partial charge in [0, 0.05) is 13.1 Å². The quantitative estimate of drug-likeness (QED) is 0.819. The lowest BCUT2D eigenvalue weighted by Gasteiger charge is -2.34. The zero-order valence-corrected chi connectivity index (χ0v) is 13.4. The van der Waals surface area contributed by atoms with E-state index >= 15 is 0 Å². The van der Waals surface area contributed by atoms with Crippen molar-refractivity contribution in [1.82, 2.24) is 10.2 Å². The highest BCUT2D eigenvalue weighted by molar-refractivity contribution is 4.90. The number of rotatable bonds is 5. The molecule has 0 aliphatic carbocycles. The van der Waals surface area contributed by atoms with Gasteiger partial charge in [-0.15, -0.1) is 0 Å². The molecular weight excluding hydrogens is 232 g/mol. The van der Waals surface area contributed by atoms with Crippen LogP contribution in [-0.2, 0) is 0 Å². The topological polar surface area (TPSA) is 15.3 Å². The Morgan fingerprint density at radius 3 is 2.74 bits per heavy atom. The summed E-state index contributed by atoms with van der Waals surface area (Å²) in [5, 5.41) is 3.60. The van der Waals surface area contributed by atoms with Crippen LogP contribution in [0.25, 0.3) is 0 Å². The Kier molecular flexibility index (Phi) is 5.70. The van der Waals surface area contributed by atoms with Crippen molar-refractivity contribution in [3.63, 3.8) is 0 Å². The van der Waals surface area contributed by atoms with Crippen LogP contribution in [0, 0.1) is 17.3 Å². The average molecular weight is 266 g/mol. The van der Waals surface area contributed by atoms with Crippen molar-refractivity contribution in [1.29, 1.82) is 0 Å². The molecule has 1 N–H and O–H groups in total. The molecule has 2 heteroatoms. The summed E-state index contributed by atoms with van der Waals surface area (Å²) in [4.78, 5) is 2.78. The Labute approximate surface area is 120 Å². The van der Waals surface area contributed by atoms with E-state index in [1.54, 1.807) is 0 Å². The Hall–Kier alpha value is -0.0800. The SMILES string of the molecule is CCCC1(CN2CCCC(C(C)C)CC2)CCNC1. The summed E-state index contributed by atoms with van der Waals surface area (Å²) in [5.41, 5.74) is 0.590. The smallest absolute Gasteiger partial charge is 0.00506 e. The molecule has 2 rings (SSSR count). The third-order valence-electron chi connectivity index (χ3n) is 5.48. The van der Waals surface area contributed by atoms with Gasteiger partial charge >= 0.3 is 0 Å². The van der Waals surface area contributed by atoms with Gasteiger partial charge in [0.15, 0.2) is 0 Å². The highest BCUT2D eigenvalue weighted by Gasteiger charge is 2.35. The van der Waals surface area contributed by atoms with Crippen LogP contribution in [0.3, 0.4) is 0 Å². The van der Waals surface area contributed by atoms with Crippen LogP contribution >= 0.6 is 0 Å². The fourth-order valence-corrected chi connectivity index (χ4v) is 4.23. The maximum absolute atomic E-state index is 3.60.